The Labute approximate surface area is 165 Å². The summed E-state index contributed by atoms with van der Waals surface area (Å²) in [7, 11) is -0.239. The molecule has 4 rings (SSSR count). The normalized spacial score (nSPS) is 10.4. The Balaban J connectivity index is 0.000000516. The number of aliphatic carboxylic acids is 1. The molecular weight excluding hydrogens is 372 g/mol. The minimum atomic E-state index is -1.08. The van der Waals surface area contributed by atoms with Crippen LogP contribution in [0, 0.1) is 0 Å². The molecular formula is C23H18O4S. The third-order valence-electron chi connectivity index (χ3n) is 3.79. The lowest BCUT2D eigenvalue weighted by molar-refractivity contribution is -0.302. The Kier molecular flexibility index (Phi) is 6.29. The van der Waals surface area contributed by atoms with Crippen molar-refractivity contribution in [1.82, 2.24) is 0 Å². The van der Waals surface area contributed by atoms with Crippen LogP contribution < -0.4 is 10.7 Å². The van der Waals surface area contributed by atoms with Gasteiger partial charge in [-0.15, -0.1) is 0 Å². The lowest BCUT2D eigenvalue weighted by atomic mass is 10.2. The molecule has 0 radical (unpaired) electrons. The van der Waals surface area contributed by atoms with E-state index in [1.54, 1.807) is 6.07 Å². The second-order valence-corrected chi connectivity index (χ2v) is 7.90. The zero-order valence-electron chi connectivity index (χ0n) is 15.2. The van der Waals surface area contributed by atoms with Gasteiger partial charge in [0.1, 0.15) is 5.58 Å². The summed E-state index contributed by atoms with van der Waals surface area (Å²) in [4.78, 5) is 24.0. The van der Waals surface area contributed by atoms with E-state index in [2.05, 4.69) is 54.6 Å². The molecule has 0 bridgehead atoms. The van der Waals surface area contributed by atoms with Crippen molar-refractivity contribution >= 4 is 27.8 Å². The molecule has 3 aromatic carbocycles. The minimum absolute atomic E-state index is 0.239. The van der Waals surface area contributed by atoms with Crippen LogP contribution in [-0.4, -0.2) is 5.97 Å². The minimum Gasteiger partial charge on any atom is -0.550 e. The van der Waals surface area contributed by atoms with Crippen molar-refractivity contribution in [3.63, 3.8) is 0 Å². The maximum Gasteiger partial charge on any atom is 0.336 e. The molecule has 4 nitrogen and oxygen atoms in total. The molecule has 0 saturated heterocycles. The summed E-state index contributed by atoms with van der Waals surface area (Å²) in [5.74, 6) is -1.08. The number of carboxylic acid groups (broad SMARTS) is 1. The van der Waals surface area contributed by atoms with E-state index in [4.69, 9.17) is 14.3 Å². The highest BCUT2D eigenvalue weighted by Gasteiger charge is 2.28. The molecule has 1 heterocycles. The Morgan fingerprint density at radius 3 is 1.82 bits per heavy atom. The molecule has 4 aromatic rings. The summed E-state index contributed by atoms with van der Waals surface area (Å²) >= 11 is 0. The molecule has 0 amide bonds. The van der Waals surface area contributed by atoms with Gasteiger partial charge in [-0.2, -0.15) is 0 Å². The maximum absolute atomic E-state index is 11.5. The van der Waals surface area contributed by atoms with Crippen LogP contribution >= 0.6 is 0 Å². The van der Waals surface area contributed by atoms with Crippen LogP contribution in [0.5, 0.6) is 0 Å². The van der Waals surface area contributed by atoms with E-state index in [0.717, 1.165) is 17.2 Å². The highest BCUT2D eigenvalue weighted by molar-refractivity contribution is 7.97. The van der Waals surface area contributed by atoms with E-state index in [1.165, 1.54) is 15.9 Å². The van der Waals surface area contributed by atoms with Crippen LogP contribution in [-0.2, 0) is 15.7 Å². The number of benzene rings is 3. The smallest absolute Gasteiger partial charge is 0.336 e. The van der Waals surface area contributed by atoms with Crippen LogP contribution in [0.15, 0.2) is 115 Å². The molecule has 0 saturated carbocycles. The predicted octanol–water partition coefficient (Wildman–Crippen LogP) is 3.64. The fraction of sp³-hybridized carbons (Fsp3) is 0.0435. The largest absolute Gasteiger partial charge is 0.550 e. The van der Waals surface area contributed by atoms with Crippen molar-refractivity contribution in [2.75, 3.05) is 0 Å². The van der Waals surface area contributed by atoms with E-state index in [0.29, 0.717) is 5.58 Å². The van der Waals surface area contributed by atoms with Gasteiger partial charge in [-0.3, -0.25) is 0 Å². The lowest BCUT2D eigenvalue weighted by Crippen LogP contribution is -2.16. The van der Waals surface area contributed by atoms with Gasteiger partial charge in [0.05, 0.1) is 10.9 Å². The Bertz CT molecular complexity index is 1080. The SMILES string of the molecule is CC(=O)[O-].O=c1ccc2ccc([S+](c3ccccc3)c3ccccc3)cc2o1. The van der Waals surface area contributed by atoms with Crippen molar-refractivity contribution in [2.24, 2.45) is 0 Å². The van der Waals surface area contributed by atoms with Gasteiger partial charge < -0.3 is 14.3 Å². The average molecular weight is 390 g/mol. The van der Waals surface area contributed by atoms with Crippen molar-refractivity contribution < 1.29 is 14.3 Å². The molecule has 0 spiro atoms. The summed E-state index contributed by atoms with van der Waals surface area (Å²) in [6.45, 7) is 0.972. The Hall–Kier alpha value is -3.31. The molecule has 140 valence electrons. The average Bonchev–Trinajstić information content (AvgIpc) is 2.69. The zero-order chi connectivity index (χ0) is 19.9. The molecule has 0 atom stereocenters. The third kappa shape index (κ3) is 4.90. The van der Waals surface area contributed by atoms with Crippen molar-refractivity contribution in [3.8, 4) is 0 Å². The molecule has 0 aliphatic heterocycles. The first kappa shape index (κ1) is 19.5. The van der Waals surface area contributed by atoms with Crippen molar-refractivity contribution in [3.05, 3.63) is 101 Å². The molecule has 0 aliphatic rings. The number of carbonyl (C=O) groups is 1. The maximum atomic E-state index is 11.5. The first-order valence-corrected chi connectivity index (χ1v) is 9.83. The van der Waals surface area contributed by atoms with Gasteiger partial charge in [-0.05, 0) is 49.4 Å². The van der Waals surface area contributed by atoms with Gasteiger partial charge >= 0.3 is 5.63 Å². The number of carbonyl (C=O) groups excluding carboxylic acids is 1. The molecule has 1 aromatic heterocycles. The summed E-state index contributed by atoms with van der Waals surface area (Å²) in [5.41, 5.74) is 0.309. The fourth-order valence-corrected chi connectivity index (χ4v) is 4.79. The second kappa shape index (κ2) is 9.06. The first-order valence-electron chi connectivity index (χ1n) is 8.60. The fourth-order valence-electron chi connectivity index (χ4n) is 2.69. The lowest BCUT2D eigenvalue weighted by Gasteiger charge is -2.08. The van der Waals surface area contributed by atoms with E-state index >= 15 is 0 Å². The van der Waals surface area contributed by atoms with Crippen LogP contribution in [0.3, 0.4) is 0 Å². The predicted molar refractivity (Wildman–Crippen MR) is 108 cm³/mol. The van der Waals surface area contributed by atoms with Gasteiger partial charge in [0, 0.05) is 23.5 Å². The zero-order valence-corrected chi connectivity index (χ0v) is 16.0. The van der Waals surface area contributed by atoms with Crippen LogP contribution in [0.25, 0.3) is 11.0 Å². The molecule has 5 heteroatoms. The van der Waals surface area contributed by atoms with Crippen molar-refractivity contribution in [1.29, 1.82) is 0 Å². The standard InChI is InChI=1S/C21H15O2S.C2H4O2/c22-21-14-12-16-11-13-19(15-20(16)23-21)24(17-7-3-1-4-8-17)18-9-5-2-6-10-18;1-2(3)4/h1-15H;1H3,(H,3,4)/q+1;/p-1. The quantitative estimate of drug-likeness (QED) is 0.396. The van der Waals surface area contributed by atoms with E-state index in [9.17, 15) is 4.79 Å². The Morgan fingerprint density at radius 1 is 0.786 bits per heavy atom. The monoisotopic (exact) mass is 390 g/mol. The topological polar surface area (TPSA) is 70.3 Å². The van der Waals surface area contributed by atoms with E-state index in [1.807, 2.05) is 24.3 Å². The van der Waals surface area contributed by atoms with Crippen LogP contribution in [0.2, 0.25) is 0 Å². The molecule has 0 unspecified atom stereocenters. The second-order valence-electron chi connectivity index (χ2n) is 5.88. The Morgan fingerprint density at radius 2 is 1.29 bits per heavy atom. The summed E-state index contributed by atoms with van der Waals surface area (Å²) in [5, 5.41) is 9.82. The highest BCUT2D eigenvalue weighted by atomic mass is 32.2. The number of rotatable bonds is 3. The summed E-state index contributed by atoms with van der Waals surface area (Å²) in [6, 6.07) is 30.2. The van der Waals surface area contributed by atoms with E-state index in [-0.39, 0.29) is 16.5 Å². The number of hydrogen-bond donors (Lipinski definition) is 0. The van der Waals surface area contributed by atoms with Gasteiger partial charge in [0.2, 0.25) is 0 Å². The third-order valence-corrected chi connectivity index (χ3v) is 6.00. The van der Waals surface area contributed by atoms with Gasteiger partial charge in [0.25, 0.3) is 0 Å². The summed E-state index contributed by atoms with van der Waals surface area (Å²) in [6.07, 6.45) is 0. The van der Waals surface area contributed by atoms with Crippen LogP contribution in [0.4, 0.5) is 0 Å². The number of hydrogen-bond acceptors (Lipinski definition) is 4. The molecule has 0 fully saturated rings. The molecule has 0 aliphatic carbocycles. The first-order chi connectivity index (χ1) is 13.5. The van der Waals surface area contributed by atoms with Gasteiger partial charge in [-0.1, -0.05) is 36.4 Å². The number of fused-ring (bicyclic) bond motifs is 1. The van der Waals surface area contributed by atoms with Gasteiger partial charge in [0.15, 0.2) is 14.7 Å². The van der Waals surface area contributed by atoms with E-state index < -0.39 is 5.97 Å². The number of carboxylic acids is 1. The van der Waals surface area contributed by atoms with Gasteiger partial charge in [-0.25, -0.2) is 4.79 Å². The molecule has 28 heavy (non-hydrogen) atoms. The molecule has 0 N–H and O–H groups in total. The summed E-state index contributed by atoms with van der Waals surface area (Å²) < 4.78 is 5.37. The highest BCUT2D eigenvalue weighted by Crippen LogP contribution is 2.32. The van der Waals surface area contributed by atoms with Crippen LogP contribution in [0.1, 0.15) is 6.92 Å². The van der Waals surface area contributed by atoms with Crippen molar-refractivity contribution in [2.45, 2.75) is 21.6 Å².